The number of aryl methyl sites for hydroxylation is 1. The van der Waals surface area contributed by atoms with Crippen LogP contribution in [0.4, 0.5) is 11.4 Å². The van der Waals surface area contributed by atoms with E-state index in [1.54, 1.807) is 25.4 Å². The largest absolute Gasteiger partial charge is 0.378 e. The van der Waals surface area contributed by atoms with E-state index in [-0.39, 0.29) is 11.5 Å². The average Bonchev–Trinajstić information content (AvgIpc) is 2.43. The molecule has 2 rings (SSSR count). The molecule has 0 radical (unpaired) electrons. The molecule has 0 spiro atoms. The number of nitrogens with one attached hydrogen (secondary N) is 1. The molecule has 1 heterocycles. The highest BCUT2D eigenvalue weighted by Crippen LogP contribution is 2.14. The van der Waals surface area contributed by atoms with Crippen molar-refractivity contribution in [2.75, 3.05) is 24.3 Å². The van der Waals surface area contributed by atoms with Gasteiger partial charge < -0.3 is 14.8 Å². The lowest BCUT2D eigenvalue weighted by atomic mass is 10.2. The highest BCUT2D eigenvalue weighted by atomic mass is 16.1. The van der Waals surface area contributed by atoms with Crippen molar-refractivity contribution in [3.63, 3.8) is 0 Å². The molecule has 0 saturated heterocycles. The van der Waals surface area contributed by atoms with Crippen LogP contribution in [0.1, 0.15) is 10.4 Å². The molecule has 2 aromatic rings. The molecule has 0 aliphatic carbocycles. The van der Waals surface area contributed by atoms with Crippen molar-refractivity contribution >= 4 is 17.3 Å². The van der Waals surface area contributed by atoms with Crippen LogP contribution in [0.15, 0.2) is 47.4 Å². The van der Waals surface area contributed by atoms with Crippen LogP contribution in [0.5, 0.6) is 0 Å². The summed E-state index contributed by atoms with van der Waals surface area (Å²) in [5, 5.41) is 2.78. The average molecular weight is 271 g/mol. The van der Waals surface area contributed by atoms with Crippen LogP contribution < -0.4 is 15.8 Å². The summed E-state index contributed by atoms with van der Waals surface area (Å²) < 4.78 is 1.42. The number of hydrogen-bond donors (Lipinski definition) is 1. The van der Waals surface area contributed by atoms with Gasteiger partial charge in [0.1, 0.15) is 0 Å². The molecule has 1 amide bonds. The number of aromatic nitrogens is 1. The van der Waals surface area contributed by atoms with E-state index < -0.39 is 0 Å². The van der Waals surface area contributed by atoms with Crippen molar-refractivity contribution in [1.29, 1.82) is 0 Å². The summed E-state index contributed by atoms with van der Waals surface area (Å²) in [4.78, 5) is 25.4. The summed E-state index contributed by atoms with van der Waals surface area (Å²) in [6, 6.07) is 10.4. The summed E-state index contributed by atoms with van der Waals surface area (Å²) in [5.41, 5.74) is 2.01. The van der Waals surface area contributed by atoms with E-state index >= 15 is 0 Å². The van der Waals surface area contributed by atoms with Crippen molar-refractivity contribution in [2.45, 2.75) is 0 Å². The number of hydrogen-bond acceptors (Lipinski definition) is 3. The first-order valence-electron chi connectivity index (χ1n) is 6.23. The number of nitrogens with zero attached hydrogens (tertiary/aromatic N) is 2. The molecule has 0 aliphatic rings. The molecule has 0 saturated carbocycles. The molecule has 0 bridgehead atoms. The molecule has 0 aliphatic heterocycles. The Labute approximate surface area is 117 Å². The van der Waals surface area contributed by atoms with Crippen molar-refractivity contribution in [3.05, 3.63) is 58.5 Å². The lowest BCUT2D eigenvalue weighted by Crippen LogP contribution is -2.18. The fourth-order valence-electron chi connectivity index (χ4n) is 1.80. The van der Waals surface area contributed by atoms with E-state index in [1.807, 2.05) is 37.2 Å². The Morgan fingerprint density at radius 2 is 1.95 bits per heavy atom. The van der Waals surface area contributed by atoms with E-state index in [0.29, 0.717) is 11.3 Å². The van der Waals surface area contributed by atoms with E-state index in [9.17, 15) is 9.59 Å². The predicted molar refractivity (Wildman–Crippen MR) is 80.4 cm³/mol. The number of anilines is 2. The van der Waals surface area contributed by atoms with Gasteiger partial charge in [0.25, 0.3) is 5.91 Å². The minimum absolute atomic E-state index is 0.113. The fraction of sp³-hybridized carbons (Fsp3) is 0.200. The first-order valence-corrected chi connectivity index (χ1v) is 6.23. The Bertz CT molecular complexity index is 690. The highest BCUT2D eigenvalue weighted by Gasteiger charge is 2.08. The van der Waals surface area contributed by atoms with Crippen LogP contribution in [0.3, 0.4) is 0 Å². The lowest BCUT2D eigenvalue weighted by molar-refractivity contribution is 0.102. The maximum absolute atomic E-state index is 12.2. The Hall–Kier alpha value is -2.56. The standard InChI is InChI=1S/C15H17N3O2/c1-17(2)13-6-4-5-11(9-13)15(20)16-12-7-8-14(19)18(3)10-12/h4-10H,1-3H3,(H,16,20). The third kappa shape index (κ3) is 3.06. The Kier molecular flexibility index (Phi) is 3.89. The number of carbonyl (C=O) groups excluding carboxylic acids is 1. The van der Waals surface area contributed by atoms with Gasteiger partial charge in [0, 0.05) is 44.7 Å². The lowest BCUT2D eigenvalue weighted by Gasteiger charge is -2.13. The monoisotopic (exact) mass is 271 g/mol. The third-order valence-electron chi connectivity index (χ3n) is 2.97. The minimum atomic E-state index is -0.202. The molecule has 1 N–H and O–H groups in total. The summed E-state index contributed by atoms with van der Waals surface area (Å²) in [5.74, 6) is -0.202. The van der Waals surface area contributed by atoms with Crippen molar-refractivity contribution < 1.29 is 4.79 Å². The summed E-state index contributed by atoms with van der Waals surface area (Å²) >= 11 is 0. The first kappa shape index (κ1) is 13.9. The quantitative estimate of drug-likeness (QED) is 0.924. The van der Waals surface area contributed by atoms with Gasteiger partial charge in [-0.05, 0) is 24.3 Å². The van der Waals surface area contributed by atoms with E-state index in [4.69, 9.17) is 0 Å². The van der Waals surface area contributed by atoms with Crippen LogP contribution in [0.2, 0.25) is 0 Å². The number of amides is 1. The van der Waals surface area contributed by atoms with Gasteiger partial charge in [-0.15, -0.1) is 0 Å². The molecule has 0 fully saturated rings. The van der Waals surface area contributed by atoms with Crippen LogP contribution in [-0.2, 0) is 7.05 Å². The zero-order valence-corrected chi connectivity index (χ0v) is 11.8. The van der Waals surface area contributed by atoms with Gasteiger partial charge in [-0.1, -0.05) is 6.07 Å². The molecular formula is C15H17N3O2. The Morgan fingerprint density at radius 3 is 2.60 bits per heavy atom. The third-order valence-corrected chi connectivity index (χ3v) is 2.97. The van der Waals surface area contributed by atoms with Crippen LogP contribution >= 0.6 is 0 Å². The van der Waals surface area contributed by atoms with Gasteiger partial charge in [-0.3, -0.25) is 9.59 Å². The molecular weight excluding hydrogens is 254 g/mol. The number of carbonyl (C=O) groups is 1. The molecule has 20 heavy (non-hydrogen) atoms. The highest BCUT2D eigenvalue weighted by molar-refractivity contribution is 6.04. The van der Waals surface area contributed by atoms with Gasteiger partial charge >= 0.3 is 0 Å². The van der Waals surface area contributed by atoms with Crippen molar-refractivity contribution in [1.82, 2.24) is 4.57 Å². The van der Waals surface area contributed by atoms with Gasteiger partial charge in [0.2, 0.25) is 5.56 Å². The summed E-state index contributed by atoms with van der Waals surface area (Å²) in [6.07, 6.45) is 1.59. The molecule has 1 aromatic carbocycles. The van der Waals surface area contributed by atoms with Crippen molar-refractivity contribution in [2.24, 2.45) is 7.05 Å². The van der Waals surface area contributed by atoms with Crippen LogP contribution in [0.25, 0.3) is 0 Å². The molecule has 104 valence electrons. The molecule has 5 nitrogen and oxygen atoms in total. The van der Waals surface area contributed by atoms with Gasteiger partial charge in [0.15, 0.2) is 0 Å². The minimum Gasteiger partial charge on any atom is -0.378 e. The second-order valence-electron chi connectivity index (χ2n) is 4.77. The topological polar surface area (TPSA) is 54.3 Å². The Balaban J connectivity index is 2.21. The maximum atomic E-state index is 12.2. The SMILES string of the molecule is CN(C)c1cccc(C(=O)Nc2ccc(=O)n(C)c2)c1. The zero-order valence-electron chi connectivity index (χ0n) is 11.8. The van der Waals surface area contributed by atoms with E-state index in [0.717, 1.165) is 5.69 Å². The molecule has 0 unspecified atom stereocenters. The second kappa shape index (κ2) is 5.61. The molecule has 5 heteroatoms. The maximum Gasteiger partial charge on any atom is 0.255 e. The number of rotatable bonds is 3. The Morgan fingerprint density at radius 1 is 1.20 bits per heavy atom. The van der Waals surface area contributed by atoms with Crippen LogP contribution in [-0.4, -0.2) is 24.6 Å². The van der Waals surface area contributed by atoms with Gasteiger partial charge in [-0.25, -0.2) is 0 Å². The van der Waals surface area contributed by atoms with E-state index in [2.05, 4.69) is 5.32 Å². The van der Waals surface area contributed by atoms with Crippen molar-refractivity contribution in [3.8, 4) is 0 Å². The smallest absolute Gasteiger partial charge is 0.255 e. The number of pyridine rings is 1. The number of benzene rings is 1. The second-order valence-corrected chi connectivity index (χ2v) is 4.77. The predicted octanol–water partition coefficient (Wildman–Crippen LogP) is 1.70. The zero-order chi connectivity index (χ0) is 14.7. The summed E-state index contributed by atoms with van der Waals surface area (Å²) in [6.45, 7) is 0. The molecule has 1 aromatic heterocycles. The van der Waals surface area contributed by atoms with E-state index in [1.165, 1.54) is 10.6 Å². The fourth-order valence-corrected chi connectivity index (χ4v) is 1.80. The first-order chi connectivity index (χ1) is 9.47. The van der Waals surface area contributed by atoms with Crippen LogP contribution in [0, 0.1) is 0 Å². The molecule has 0 atom stereocenters. The van der Waals surface area contributed by atoms with Gasteiger partial charge in [0.05, 0.1) is 5.69 Å². The van der Waals surface area contributed by atoms with Gasteiger partial charge in [-0.2, -0.15) is 0 Å². The normalized spacial score (nSPS) is 10.2. The summed E-state index contributed by atoms with van der Waals surface area (Å²) in [7, 11) is 5.48.